The maximum absolute atomic E-state index is 11.5. The number of carboxylic acid groups (broad SMARTS) is 1. The minimum Gasteiger partial charge on any atom is -0.478 e. The molecule has 0 radical (unpaired) electrons. The summed E-state index contributed by atoms with van der Waals surface area (Å²) < 4.78 is 0. The van der Waals surface area contributed by atoms with Crippen molar-refractivity contribution in [2.45, 2.75) is 110 Å². The van der Waals surface area contributed by atoms with Gasteiger partial charge in [0, 0.05) is 25.4 Å². The SMILES string of the molecule is CCCCCCCCCCCCCCCN1C=C(C(O)c2ccccc2C(=O)O)N(C)C1C. The quantitative estimate of drug-likeness (QED) is 0.247. The minimum absolute atomic E-state index is 0.155. The highest BCUT2D eigenvalue weighted by Crippen LogP contribution is 2.33. The zero-order chi connectivity index (χ0) is 24.1. The van der Waals surface area contributed by atoms with Gasteiger partial charge in [0.25, 0.3) is 0 Å². The van der Waals surface area contributed by atoms with Crippen molar-refractivity contribution in [3.8, 4) is 0 Å². The number of hydrogen-bond donors (Lipinski definition) is 2. The molecule has 1 heterocycles. The number of aromatic carboxylic acids is 1. The molecule has 2 N–H and O–H groups in total. The van der Waals surface area contributed by atoms with Gasteiger partial charge in [-0.05, 0) is 19.4 Å². The van der Waals surface area contributed by atoms with Gasteiger partial charge < -0.3 is 20.0 Å². The molecule has 0 aromatic heterocycles. The maximum atomic E-state index is 11.5. The zero-order valence-corrected chi connectivity index (χ0v) is 21.1. The zero-order valence-electron chi connectivity index (χ0n) is 21.1. The Morgan fingerprint density at radius 3 is 1.97 bits per heavy atom. The lowest BCUT2D eigenvalue weighted by atomic mass is 10.00. The summed E-state index contributed by atoms with van der Waals surface area (Å²) in [5.74, 6) is -1.01. The van der Waals surface area contributed by atoms with Crippen molar-refractivity contribution in [2.24, 2.45) is 0 Å². The monoisotopic (exact) mass is 458 g/mol. The smallest absolute Gasteiger partial charge is 0.336 e. The normalized spacial score (nSPS) is 16.8. The van der Waals surface area contributed by atoms with E-state index in [4.69, 9.17) is 0 Å². The van der Waals surface area contributed by atoms with E-state index >= 15 is 0 Å². The highest BCUT2D eigenvalue weighted by molar-refractivity contribution is 5.89. The molecule has 2 rings (SSSR count). The topological polar surface area (TPSA) is 64.0 Å². The summed E-state index contributed by atoms with van der Waals surface area (Å²) in [6.45, 7) is 5.36. The van der Waals surface area contributed by atoms with Crippen LogP contribution < -0.4 is 0 Å². The largest absolute Gasteiger partial charge is 0.478 e. The van der Waals surface area contributed by atoms with Gasteiger partial charge in [0.1, 0.15) is 6.10 Å². The summed E-state index contributed by atoms with van der Waals surface area (Å²) in [6.07, 6.45) is 18.7. The first-order valence-corrected chi connectivity index (χ1v) is 13.2. The summed E-state index contributed by atoms with van der Waals surface area (Å²) in [5, 5.41) is 20.4. The van der Waals surface area contributed by atoms with Gasteiger partial charge in [-0.2, -0.15) is 0 Å². The van der Waals surface area contributed by atoms with Gasteiger partial charge in [-0.25, -0.2) is 4.79 Å². The van der Waals surface area contributed by atoms with Gasteiger partial charge in [-0.3, -0.25) is 0 Å². The average Bonchev–Trinajstić information content (AvgIpc) is 3.10. The minimum atomic E-state index is -1.01. The van der Waals surface area contributed by atoms with Crippen molar-refractivity contribution in [3.63, 3.8) is 0 Å². The van der Waals surface area contributed by atoms with Crippen LogP contribution in [0.25, 0.3) is 0 Å². The third kappa shape index (κ3) is 8.69. The van der Waals surface area contributed by atoms with Crippen LogP contribution in [0.4, 0.5) is 0 Å². The second-order valence-corrected chi connectivity index (χ2v) is 9.57. The predicted molar refractivity (Wildman–Crippen MR) is 136 cm³/mol. The maximum Gasteiger partial charge on any atom is 0.336 e. The van der Waals surface area contributed by atoms with E-state index in [1.807, 2.05) is 18.1 Å². The lowest BCUT2D eigenvalue weighted by Gasteiger charge is -2.29. The fourth-order valence-corrected chi connectivity index (χ4v) is 4.72. The van der Waals surface area contributed by atoms with Gasteiger partial charge in [-0.15, -0.1) is 0 Å². The molecule has 2 unspecified atom stereocenters. The molecule has 0 amide bonds. The molecule has 0 saturated heterocycles. The van der Waals surface area contributed by atoms with E-state index in [1.165, 1.54) is 77.0 Å². The summed E-state index contributed by atoms with van der Waals surface area (Å²) in [5.41, 5.74) is 1.35. The van der Waals surface area contributed by atoms with E-state index in [1.54, 1.807) is 24.3 Å². The van der Waals surface area contributed by atoms with Gasteiger partial charge in [0.15, 0.2) is 0 Å². The predicted octanol–water partition coefficient (Wildman–Crippen LogP) is 6.94. The van der Waals surface area contributed by atoms with E-state index in [2.05, 4.69) is 18.7 Å². The molecule has 1 aromatic carbocycles. The Morgan fingerprint density at radius 2 is 1.42 bits per heavy atom. The highest BCUT2D eigenvalue weighted by atomic mass is 16.4. The molecule has 1 aliphatic heterocycles. The Bertz CT molecular complexity index is 734. The number of unbranched alkanes of at least 4 members (excludes halogenated alkanes) is 12. The van der Waals surface area contributed by atoms with Crippen LogP contribution in [0.1, 0.15) is 119 Å². The second kappa shape index (κ2) is 15.0. The molecule has 0 aliphatic carbocycles. The van der Waals surface area contributed by atoms with Gasteiger partial charge in [-0.1, -0.05) is 102 Å². The molecular weight excluding hydrogens is 412 g/mol. The van der Waals surface area contributed by atoms with Crippen LogP contribution in [-0.2, 0) is 0 Å². The molecule has 2 atom stereocenters. The van der Waals surface area contributed by atoms with Crippen LogP contribution in [0.3, 0.4) is 0 Å². The van der Waals surface area contributed by atoms with Crippen molar-refractivity contribution in [1.82, 2.24) is 9.80 Å². The van der Waals surface area contributed by atoms with Crippen LogP contribution in [0.5, 0.6) is 0 Å². The van der Waals surface area contributed by atoms with Crippen LogP contribution in [0.15, 0.2) is 36.2 Å². The Morgan fingerprint density at radius 1 is 0.909 bits per heavy atom. The first-order valence-electron chi connectivity index (χ1n) is 13.2. The van der Waals surface area contributed by atoms with E-state index < -0.39 is 12.1 Å². The van der Waals surface area contributed by atoms with Crippen molar-refractivity contribution in [1.29, 1.82) is 0 Å². The van der Waals surface area contributed by atoms with Gasteiger partial charge in [0.2, 0.25) is 0 Å². The number of hydrogen-bond acceptors (Lipinski definition) is 4. The average molecular weight is 459 g/mol. The number of carbonyl (C=O) groups is 1. The molecule has 1 aromatic rings. The number of nitrogens with zero attached hydrogens (tertiary/aromatic N) is 2. The van der Waals surface area contributed by atoms with E-state index in [0.29, 0.717) is 5.56 Å². The summed E-state index contributed by atoms with van der Waals surface area (Å²) in [4.78, 5) is 15.9. The first-order chi connectivity index (χ1) is 16.0. The molecule has 5 nitrogen and oxygen atoms in total. The van der Waals surface area contributed by atoms with Crippen LogP contribution in [0.2, 0.25) is 0 Å². The third-order valence-corrected chi connectivity index (χ3v) is 7.03. The summed E-state index contributed by atoms with van der Waals surface area (Å²) in [6, 6.07) is 6.71. The Balaban J connectivity index is 1.67. The molecule has 0 bridgehead atoms. The second-order valence-electron chi connectivity index (χ2n) is 9.57. The lowest BCUT2D eigenvalue weighted by Crippen LogP contribution is -2.35. The van der Waals surface area contributed by atoms with Crippen molar-refractivity contribution >= 4 is 5.97 Å². The first kappa shape index (κ1) is 27.2. The fourth-order valence-electron chi connectivity index (χ4n) is 4.72. The summed E-state index contributed by atoms with van der Waals surface area (Å²) in [7, 11) is 1.97. The van der Waals surface area contributed by atoms with Gasteiger partial charge in [0.05, 0.1) is 17.4 Å². The molecule has 0 fully saturated rings. The molecule has 1 aliphatic rings. The molecule has 0 spiro atoms. The number of carboxylic acids is 1. The standard InChI is InChI=1S/C28H46N2O3/c1-4-5-6-7-8-9-10-11-12-13-14-15-18-21-30-22-26(29(3)23(30)2)27(31)24-19-16-17-20-25(24)28(32)33/h16-17,19-20,22-23,27,31H,4-15,18,21H2,1-3H3,(H,32,33). The number of likely N-dealkylation sites (N-methyl/N-ethyl adjacent to an activating group) is 1. The fraction of sp³-hybridized carbons (Fsp3) is 0.679. The van der Waals surface area contributed by atoms with Crippen LogP contribution in [-0.4, -0.2) is 45.7 Å². The van der Waals surface area contributed by atoms with E-state index in [9.17, 15) is 15.0 Å². The summed E-state index contributed by atoms with van der Waals surface area (Å²) >= 11 is 0. The van der Waals surface area contributed by atoms with Crippen LogP contribution in [0, 0.1) is 0 Å². The lowest BCUT2D eigenvalue weighted by molar-refractivity contribution is 0.0689. The number of aliphatic hydroxyl groups is 1. The molecule has 0 saturated carbocycles. The Labute approximate surface area is 201 Å². The number of aliphatic hydroxyl groups excluding tert-OH is 1. The molecule has 5 heteroatoms. The molecule has 33 heavy (non-hydrogen) atoms. The Hall–Kier alpha value is -2.01. The molecular formula is C28H46N2O3. The van der Waals surface area contributed by atoms with E-state index in [-0.39, 0.29) is 11.7 Å². The van der Waals surface area contributed by atoms with Gasteiger partial charge >= 0.3 is 5.97 Å². The highest BCUT2D eigenvalue weighted by Gasteiger charge is 2.31. The van der Waals surface area contributed by atoms with Crippen molar-refractivity contribution < 1.29 is 15.0 Å². The van der Waals surface area contributed by atoms with E-state index in [0.717, 1.165) is 18.7 Å². The number of benzene rings is 1. The van der Waals surface area contributed by atoms with Crippen LogP contribution >= 0.6 is 0 Å². The Kier molecular flexibility index (Phi) is 12.4. The van der Waals surface area contributed by atoms with Crippen molar-refractivity contribution in [3.05, 3.63) is 47.3 Å². The van der Waals surface area contributed by atoms with Crippen molar-refractivity contribution in [2.75, 3.05) is 13.6 Å². The molecule has 186 valence electrons. The third-order valence-electron chi connectivity index (χ3n) is 7.03. The number of rotatable bonds is 17.